The Morgan fingerprint density at radius 1 is 1.33 bits per heavy atom. The number of rotatable bonds is 11. The molecule has 1 aromatic heterocycles. The predicted octanol–water partition coefficient (Wildman–Crippen LogP) is 2.29. The van der Waals surface area contributed by atoms with Crippen LogP contribution >= 0.6 is 11.3 Å². The van der Waals surface area contributed by atoms with Gasteiger partial charge in [0.1, 0.15) is 0 Å². The van der Waals surface area contributed by atoms with Crippen LogP contribution in [0.15, 0.2) is 16.3 Å². The van der Waals surface area contributed by atoms with E-state index in [4.69, 9.17) is 4.74 Å². The fourth-order valence-corrected chi connectivity index (χ4v) is 4.55. The molecule has 0 saturated heterocycles. The second kappa shape index (κ2) is 9.53. The third-order valence-corrected chi connectivity index (χ3v) is 6.07. The van der Waals surface area contributed by atoms with Crippen molar-refractivity contribution >= 4 is 21.4 Å². The maximum Gasteiger partial charge on any atom is 0.243 e. The van der Waals surface area contributed by atoms with E-state index in [2.05, 4.69) is 12.2 Å². The molecule has 1 heterocycles. The Hall–Kier alpha value is -0.470. The molecule has 1 aromatic rings. The fourth-order valence-electron chi connectivity index (χ4n) is 1.88. The molecule has 0 aliphatic carbocycles. The van der Waals surface area contributed by atoms with Gasteiger partial charge in [0.25, 0.3) is 0 Å². The van der Waals surface area contributed by atoms with Crippen LogP contribution in [0.2, 0.25) is 0 Å². The van der Waals surface area contributed by atoms with E-state index in [0.29, 0.717) is 31.2 Å². The maximum atomic E-state index is 12.6. The normalized spacial score (nSPS) is 12.2. The molecule has 7 heteroatoms. The van der Waals surface area contributed by atoms with Crippen LogP contribution < -0.4 is 5.32 Å². The summed E-state index contributed by atoms with van der Waals surface area (Å²) in [6, 6.07) is 1.77. The van der Waals surface area contributed by atoms with Crippen molar-refractivity contribution in [2.75, 3.05) is 32.8 Å². The highest BCUT2D eigenvalue weighted by molar-refractivity contribution is 7.89. The van der Waals surface area contributed by atoms with Gasteiger partial charge in [0.2, 0.25) is 10.0 Å². The lowest BCUT2D eigenvalue weighted by Gasteiger charge is -2.19. The van der Waals surface area contributed by atoms with E-state index < -0.39 is 10.0 Å². The van der Waals surface area contributed by atoms with Crippen LogP contribution in [0.1, 0.15) is 32.1 Å². The van der Waals surface area contributed by atoms with Crippen LogP contribution in [0.5, 0.6) is 0 Å². The standard InChI is InChI=1S/C14H26N2O3S2/c1-4-7-15-11-13-10-14(12-20-13)21(17,18)16(5-2)8-9-19-6-3/h10,12,15H,4-9,11H2,1-3H3. The van der Waals surface area contributed by atoms with Gasteiger partial charge < -0.3 is 10.1 Å². The first-order chi connectivity index (χ1) is 10.1. The minimum absolute atomic E-state index is 0.388. The molecule has 0 aliphatic heterocycles. The molecule has 1 N–H and O–H groups in total. The first-order valence-electron chi connectivity index (χ1n) is 7.42. The first kappa shape index (κ1) is 18.6. The molecule has 122 valence electrons. The Kier molecular flexibility index (Phi) is 8.43. The lowest BCUT2D eigenvalue weighted by atomic mass is 10.4. The first-order valence-corrected chi connectivity index (χ1v) is 9.74. The van der Waals surface area contributed by atoms with Gasteiger partial charge in [-0.3, -0.25) is 0 Å². The summed E-state index contributed by atoms with van der Waals surface area (Å²) in [5.74, 6) is 0. The van der Waals surface area contributed by atoms with Crippen LogP contribution in [0.4, 0.5) is 0 Å². The summed E-state index contributed by atoms with van der Waals surface area (Å²) in [6.07, 6.45) is 1.07. The number of hydrogen-bond acceptors (Lipinski definition) is 5. The zero-order chi connectivity index (χ0) is 15.7. The van der Waals surface area contributed by atoms with Crippen LogP contribution in [-0.2, 0) is 21.3 Å². The van der Waals surface area contributed by atoms with Gasteiger partial charge in [-0.05, 0) is 26.0 Å². The SMILES string of the molecule is CCCNCc1cc(S(=O)(=O)N(CC)CCOCC)cs1. The third-order valence-electron chi connectivity index (χ3n) is 3.04. The largest absolute Gasteiger partial charge is 0.380 e. The molecule has 0 fully saturated rings. The Labute approximate surface area is 132 Å². The number of hydrogen-bond donors (Lipinski definition) is 1. The molecule has 0 saturated carbocycles. The van der Waals surface area contributed by atoms with Gasteiger partial charge in [-0.15, -0.1) is 11.3 Å². The lowest BCUT2D eigenvalue weighted by molar-refractivity contribution is 0.135. The van der Waals surface area contributed by atoms with Gasteiger partial charge >= 0.3 is 0 Å². The number of thiophene rings is 1. The minimum atomic E-state index is -3.41. The van der Waals surface area contributed by atoms with Crippen LogP contribution in [-0.4, -0.2) is 45.6 Å². The van der Waals surface area contributed by atoms with Crippen molar-refractivity contribution < 1.29 is 13.2 Å². The number of nitrogens with zero attached hydrogens (tertiary/aromatic N) is 1. The summed E-state index contributed by atoms with van der Waals surface area (Å²) in [4.78, 5) is 1.43. The van der Waals surface area contributed by atoms with Crippen molar-refractivity contribution in [1.82, 2.24) is 9.62 Å². The maximum absolute atomic E-state index is 12.6. The summed E-state index contributed by atoms with van der Waals surface area (Å²) in [5, 5.41) is 5.01. The molecule has 0 spiro atoms. The van der Waals surface area contributed by atoms with Gasteiger partial charge in [-0.2, -0.15) is 4.31 Å². The molecule has 0 amide bonds. The van der Waals surface area contributed by atoms with Crippen molar-refractivity contribution in [3.05, 3.63) is 16.3 Å². The molecule has 5 nitrogen and oxygen atoms in total. The van der Waals surface area contributed by atoms with E-state index in [0.717, 1.165) is 24.4 Å². The highest BCUT2D eigenvalue weighted by Gasteiger charge is 2.23. The topological polar surface area (TPSA) is 58.6 Å². The molecule has 0 aliphatic rings. The van der Waals surface area contributed by atoms with E-state index in [-0.39, 0.29) is 0 Å². The van der Waals surface area contributed by atoms with Crippen LogP contribution in [0, 0.1) is 0 Å². The molecule has 21 heavy (non-hydrogen) atoms. The monoisotopic (exact) mass is 334 g/mol. The van der Waals surface area contributed by atoms with E-state index >= 15 is 0 Å². The summed E-state index contributed by atoms with van der Waals surface area (Å²) >= 11 is 1.48. The molecule has 0 unspecified atom stereocenters. The average Bonchev–Trinajstić information content (AvgIpc) is 2.93. The highest BCUT2D eigenvalue weighted by atomic mass is 32.2. The Bertz CT molecular complexity index is 500. The van der Waals surface area contributed by atoms with E-state index in [1.165, 1.54) is 15.6 Å². The third kappa shape index (κ3) is 5.67. The van der Waals surface area contributed by atoms with Crippen molar-refractivity contribution in [2.24, 2.45) is 0 Å². The fraction of sp³-hybridized carbons (Fsp3) is 0.714. The molecule has 0 aromatic carbocycles. The Balaban J connectivity index is 2.71. The van der Waals surface area contributed by atoms with Gasteiger partial charge in [0.15, 0.2) is 0 Å². The van der Waals surface area contributed by atoms with Gasteiger partial charge in [-0.1, -0.05) is 13.8 Å². The summed E-state index contributed by atoms with van der Waals surface area (Å²) < 4.78 is 31.8. The van der Waals surface area contributed by atoms with E-state index in [9.17, 15) is 8.42 Å². The quantitative estimate of drug-likeness (QED) is 0.631. The zero-order valence-corrected chi connectivity index (χ0v) is 14.7. The molecule has 0 radical (unpaired) electrons. The summed E-state index contributed by atoms with van der Waals surface area (Å²) in [7, 11) is -3.41. The van der Waals surface area contributed by atoms with Crippen LogP contribution in [0.25, 0.3) is 0 Å². The van der Waals surface area contributed by atoms with Crippen molar-refractivity contribution in [2.45, 2.75) is 38.6 Å². The van der Waals surface area contributed by atoms with Gasteiger partial charge in [-0.25, -0.2) is 8.42 Å². The molecular weight excluding hydrogens is 308 g/mol. The predicted molar refractivity (Wildman–Crippen MR) is 87.2 cm³/mol. The summed E-state index contributed by atoms with van der Waals surface area (Å²) in [6.45, 7) is 9.39. The number of ether oxygens (including phenoxy) is 1. The second-order valence-corrected chi connectivity index (χ2v) is 7.55. The summed E-state index contributed by atoms with van der Waals surface area (Å²) in [5.41, 5.74) is 0. The van der Waals surface area contributed by atoms with Gasteiger partial charge in [0.05, 0.1) is 11.5 Å². The second-order valence-electron chi connectivity index (χ2n) is 4.62. The number of nitrogens with one attached hydrogen (secondary N) is 1. The minimum Gasteiger partial charge on any atom is -0.380 e. The Morgan fingerprint density at radius 3 is 2.71 bits per heavy atom. The molecule has 0 bridgehead atoms. The van der Waals surface area contributed by atoms with Crippen molar-refractivity contribution in [3.8, 4) is 0 Å². The van der Waals surface area contributed by atoms with E-state index in [1.807, 2.05) is 13.8 Å². The van der Waals surface area contributed by atoms with E-state index in [1.54, 1.807) is 11.4 Å². The number of likely N-dealkylation sites (N-methyl/N-ethyl adjacent to an activating group) is 1. The zero-order valence-electron chi connectivity index (χ0n) is 13.1. The average molecular weight is 335 g/mol. The van der Waals surface area contributed by atoms with Gasteiger partial charge in [0, 0.05) is 36.5 Å². The van der Waals surface area contributed by atoms with Crippen LogP contribution in [0.3, 0.4) is 0 Å². The smallest absolute Gasteiger partial charge is 0.243 e. The van der Waals surface area contributed by atoms with Crippen molar-refractivity contribution in [1.29, 1.82) is 0 Å². The Morgan fingerprint density at radius 2 is 2.10 bits per heavy atom. The molecule has 0 atom stereocenters. The highest BCUT2D eigenvalue weighted by Crippen LogP contribution is 2.22. The molecule has 1 rings (SSSR count). The molecular formula is C14H26N2O3S2. The lowest BCUT2D eigenvalue weighted by Crippen LogP contribution is -2.33. The number of sulfonamides is 1. The van der Waals surface area contributed by atoms with Crippen molar-refractivity contribution in [3.63, 3.8) is 0 Å².